The summed E-state index contributed by atoms with van der Waals surface area (Å²) in [6.07, 6.45) is 1.10. The summed E-state index contributed by atoms with van der Waals surface area (Å²) in [6, 6.07) is 12.1. The van der Waals surface area contributed by atoms with Gasteiger partial charge in [0.1, 0.15) is 0 Å². The Bertz CT molecular complexity index is 895. The van der Waals surface area contributed by atoms with Gasteiger partial charge >= 0.3 is 0 Å². The van der Waals surface area contributed by atoms with Crippen LogP contribution in [0.3, 0.4) is 0 Å². The molecule has 134 valence electrons. The minimum absolute atomic E-state index is 0.216. The summed E-state index contributed by atoms with van der Waals surface area (Å²) >= 11 is 6.15. The lowest BCUT2D eigenvalue weighted by molar-refractivity contribution is 0.102. The first kappa shape index (κ1) is 19.3. The van der Waals surface area contributed by atoms with Crippen LogP contribution in [0.2, 0.25) is 5.02 Å². The van der Waals surface area contributed by atoms with Crippen molar-refractivity contribution in [2.75, 3.05) is 22.9 Å². The van der Waals surface area contributed by atoms with E-state index in [2.05, 4.69) is 5.32 Å². The minimum Gasteiger partial charge on any atom is -0.322 e. The van der Waals surface area contributed by atoms with E-state index in [9.17, 15) is 13.2 Å². The van der Waals surface area contributed by atoms with Gasteiger partial charge < -0.3 is 5.32 Å². The highest BCUT2D eigenvalue weighted by Gasteiger charge is 2.18. The summed E-state index contributed by atoms with van der Waals surface area (Å²) in [6.45, 7) is 4.08. The molecule has 0 spiro atoms. The molecule has 0 aliphatic rings. The molecule has 7 heteroatoms. The lowest BCUT2D eigenvalue weighted by atomic mass is 10.0. The molecule has 1 amide bonds. The molecule has 0 aromatic heterocycles. The number of rotatable bonds is 5. The molecule has 2 aromatic rings. The molecule has 2 aromatic carbocycles. The van der Waals surface area contributed by atoms with Crippen LogP contribution in [0.25, 0.3) is 0 Å². The van der Waals surface area contributed by atoms with Crippen molar-refractivity contribution in [3.63, 3.8) is 0 Å². The summed E-state index contributed by atoms with van der Waals surface area (Å²) in [5.74, 6) is -0.142. The molecule has 0 fully saturated rings. The molecule has 0 saturated carbocycles. The first-order valence-electron chi connectivity index (χ1n) is 7.75. The molecule has 1 N–H and O–H groups in total. The normalized spacial score (nSPS) is 11.4. The fourth-order valence-corrected chi connectivity index (χ4v) is 3.08. The molecule has 0 heterocycles. The van der Waals surface area contributed by atoms with Gasteiger partial charge in [0, 0.05) is 12.7 Å². The van der Waals surface area contributed by atoms with Gasteiger partial charge in [0.15, 0.2) is 0 Å². The standard InChI is InChI=1S/C18H21ClN2O3S/c1-12(2)14-7-5-6-8-17(14)20-18(22)15-11-13(9-10-16(15)19)21(3)25(4,23)24/h5-12H,1-4H3,(H,20,22). The minimum atomic E-state index is -3.43. The van der Waals surface area contributed by atoms with Crippen molar-refractivity contribution >= 4 is 38.9 Å². The highest BCUT2D eigenvalue weighted by atomic mass is 35.5. The summed E-state index contributed by atoms with van der Waals surface area (Å²) in [4.78, 5) is 12.7. The van der Waals surface area contributed by atoms with Crippen LogP contribution >= 0.6 is 11.6 Å². The van der Waals surface area contributed by atoms with E-state index in [1.165, 1.54) is 19.2 Å². The van der Waals surface area contributed by atoms with E-state index >= 15 is 0 Å². The molecule has 0 radical (unpaired) electrons. The maximum atomic E-state index is 12.7. The van der Waals surface area contributed by atoms with Gasteiger partial charge in [-0.1, -0.05) is 43.6 Å². The first-order chi connectivity index (χ1) is 11.6. The second-order valence-electron chi connectivity index (χ2n) is 6.09. The summed E-state index contributed by atoms with van der Waals surface area (Å²) in [5, 5.41) is 3.12. The zero-order chi connectivity index (χ0) is 18.8. The highest BCUT2D eigenvalue weighted by Crippen LogP contribution is 2.27. The predicted octanol–water partition coefficient (Wildman–Crippen LogP) is 4.11. The Hall–Kier alpha value is -2.05. The van der Waals surface area contributed by atoms with E-state index < -0.39 is 10.0 Å². The molecule has 0 unspecified atom stereocenters. The number of carbonyl (C=O) groups is 1. The van der Waals surface area contributed by atoms with Crippen molar-refractivity contribution in [3.05, 3.63) is 58.6 Å². The fraction of sp³-hybridized carbons (Fsp3) is 0.278. The van der Waals surface area contributed by atoms with E-state index in [1.54, 1.807) is 6.07 Å². The summed E-state index contributed by atoms with van der Waals surface area (Å²) < 4.78 is 24.5. The average Bonchev–Trinajstić information content (AvgIpc) is 2.54. The largest absolute Gasteiger partial charge is 0.322 e. The van der Waals surface area contributed by atoms with Crippen LogP contribution < -0.4 is 9.62 Å². The van der Waals surface area contributed by atoms with Gasteiger partial charge in [0.2, 0.25) is 10.0 Å². The van der Waals surface area contributed by atoms with Crippen molar-refractivity contribution in [1.29, 1.82) is 0 Å². The Morgan fingerprint density at radius 1 is 1.16 bits per heavy atom. The van der Waals surface area contributed by atoms with Crippen LogP contribution in [0.4, 0.5) is 11.4 Å². The molecule has 0 saturated heterocycles. The number of nitrogens with zero attached hydrogens (tertiary/aromatic N) is 1. The third-order valence-electron chi connectivity index (χ3n) is 3.89. The molecule has 5 nitrogen and oxygen atoms in total. The number of anilines is 2. The number of benzene rings is 2. The molecule has 0 bridgehead atoms. The smallest absolute Gasteiger partial charge is 0.257 e. The number of hydrogen-bond donors (Lipinski definition) is 1. The van der Waals surface area contributed by atoms with Crippen LogP contribution in [0.5, 0.6) is 0 Å². The molecule has 2 rings (SSSR count). The molecular formula is C18H21ClN2O3S. The summed E-state index contributed by atoms with van der Waals surface area (Å²) in [5.41, 5.74) is 2.30. The van der Waals surface area contributed by atoms with E-state index in [4.69, 9.17) is 11.6 Å². The number of carbonyl (C=O) groups excluding carboxylic acids is 1. The third kappa shape index (κ3) is 4.52. The summed E-state index contributed by atoms with van der Waals surface area (Å²) in [7, 11) is -2.00. The maximum Gasteiger partial charge on any atom is 0.257 e. The Morgan fingerprint density at radius 2 is 1.80 bits per heavy atom. The van der Waals surface area contributed by atoms with Crippen LogP contribution in [0.1, 0.15) is 35.7 Å². The van der Waals surface area contributed by atoms with Gasteiger partial charge in [0.25, 0.3) is 5.91 Å². The van der Waals surface area contributed by atoms with Crippen molar-refractivity contribution in [2.24, 2.45) is 0 Å². The predicted molar refractivity (Wildman–Crippen MR) is 103 cm³/mol. The third-order valence-corrected chi connectivity index (χ3v) is 5.42. The second-order valence-corrected chi connectivity index (χ2v) is 8.51. The highest BCUT2D eigenvalue weighted by molar-refractivity contribution is 7.92. The van der Waals surface area contributed by atoms with Gasteiger partial charge in [-0.05, 0) is 35.7 Å². The van der Waals surface area contributed by atoms with Crippen molar-refractivity contribution in [1.82, 2.24) is 0 Å². The number of hydrogen-bond acceptors (Lipinski definition) is 3. The van der Waals surface area contributed by atoms with Crippen molar-refractivity contribution < 1.29 is 13.2 Å². The monoisotopic (exact) mass is 380 g/mol. The average molecular weight is 381 g/mol. The SMILES string of the molecule is CC(C)c1ccccc1NC(=O)c1cc(N(C)S(C)(=O)=O)ccc1Cl. The Kier molecular flexibility index (Phi) is 5.75. The first-order valence-corrected chi connectivity index (χ1v) is 9.97. The topological polar surface area (TPSA) is 66.5 Å². The quantitative estimate of drug-likeness (QED) is 0.848. The lowest BCUT2D eigenvalue weighted by Gasteiger charge is -2.18. The lowest BCUT2D eigenvalue weighted by Crippen LogP contribution is -2.25. The van der Waals surface area contributed by atoms with Gasteiger partial charge in [-0.25, -0.2) is 8.42 Å². The van der Waals surface area contributed by atoms with Gasteiger partial charge in [-0.2, -0.15) is 0 Å². The number of para-hydroxylation sites is 1. The molecule has 0 aliphatic heterocycles. The Balaban J connectivity index is 2.37. The number of nitrogens with one attached hydrogen (secondary N) is 1. The van der Waals surface area contributed by atoms with Gasteiger partial charge in [-0.3, -0.25) is 9.10 Å². The zero-order valence-corrected chi connectivity index (χ0v) is 16.1. The fourth-order valence-electron chi connectivity index (χ4n) is 2.38. The van der Waals surface area contributed by atoms with Crippen LogP contribution in [0.15, 0.2) is 42.5 Å². The number of amides is 1. The molecular weight excluding hydrogens is 360 g/mol. The Morgan fingerprint density at radius 3 is 2.40 bits per heavy atom. The number of halogens is 1. The number of sulfonamides is 1. The van der Waals surface area contributed by atoms with Crippen LogP contribution in [-0.2, 0) is 10.0 Å². The van der Waals surface area contributed by atoms with Crippen LogP contribution in [-0.4, -0.2) is 27.6 Å². The van der Waals surface area contributed by atoms with Gasteiger partial charge in [-0.15, -0.1) is 0 Å². The van der Waals surface area contributed by atoms with Crippen LogP contribution in [0, 0.1) is 0 Å². The van der Waals surface area contributed by atoms with E-state index in [1.807, 2.05) is 38.1 Å². The van der Waals surface area contributed by atoms with E-state index in [0.29, 0.717) is 11.4 Å². The van der Waals surface area contributed by atoms with E-state index in [-0.39, 0.29) is 22.4 Å². The van der Waals surface area contributed by atoms with Gasteiger partial charge in [0.05, 0.1) is 22.5 Å². The van der Waals surface area contributed by atoms with Crippen molar-refractivity contribution in [2.45, 2.75) is 19.8 Å². The maximum absolute atomic E-state index is 12.7. The second kappa shape index (κ2) is 7.45. The molecule has 0 atom stereocenters. The zero-order valence-electron chi connectivity index (χ0n) is 14.6. The van der Waals surface area contributed by atoms with E-state index in [0.717, 1.165) is 16.1 Å². The Labute approximate surface area is 153 Å². The molecule has 0 aliphatic carbocycles. The van der Waals surface area contributed by atoms with Crippen molar-refractivity contribution in [3.8, 4) is 0 Å². The molecule has 25 heavy (non-hydrogen) atoms.